The van der Waals surface area contributed by atoms with Gasteiger partial charge in [-0.1, -0.05) is 192 Å². The summed E-state index contributed by atoms with van der Waals surface area (Å²) in [5.74, 6) is 4.31. The Kier molecular flexibility index (Phi) is 50.5. The number of benzene rings is 6. The van der Waals surface area contributed by atoms with Crippen LogP contribution in [-0.2, 0) is 51.3 Å². The summed E-state index contributed by atoms with van der Waals surface area (Å²) in [6.07, 6.45) is 42.8. The Morgan fingerprint density at radius 1 is 0.423 bits per heavy atom. The summed E-state index contributed by atoms with van der Waals surface area (Å²) in [4.78, 5) is 23.0. The molecule has 2 unspecified atom stereocenters. The molecular formula is C106H158F2O15. The summed E-state index contributed by atoms with van der Waals surface area (Å²) in [6, 6.07) is 44.0. The SMILES string of the molecule is CCCC(O)c1cccc(OCC2CCC(F)(F)CC2)c1.CCCCc1cc(CO)cc(OCC2CCCCC2)c1.CCCCc1cc(OCC2CCCCC2)cc(C(=O)OC)c1.CCCCc1cccc(OCC2CCCCO2)c1.CCCCc1cccc(OC[C@@H]2CCCC[C@H]2O)c1.CCC[C@@H](O)c1cccc(OC[C@H]2CCCC[C@H]2OC(C)=O)c1. The van der Waals surface area contributed by atoms with Crippen molar-refractivity contribution >= 4 is 11.9 Å². The third kappa shape index (κ3) is 41.8. The number of unbranched alkanes of at least 4 members (excludes halogenated alkanes) is 4. The average Bonchev–Trinajstić information content (AvgIpc) is 0.866. The lowest BCUT2D eigenvalue weighted by atomic mass is 9.87. The van der Waals surface area contributed by atoms with Crippen LogP contribution in [0.25, 0.3) is 0 Å². The molecule has 0 spiro atoms. The Morgan fingerprint density at radius 2 is 0.829 bits per heavy atom. The van der Waals surface area contributed by atoms with Gasteiger partial charge in [-0.05, 0) is 290 Å². The van der Waals surface area contributed by atoms with Gasteiger partial charge < -0.3 is 63.1 Å². The van der Waals surface area contributed by atoms with Gasteiger partial charge in [-0.2, -0.15) is 0 Å². The standard InChI is InChI=1S/C19H28O4.C19H28O3.C18H28O2.C17H24F2O2.C17H26O2.C16H24O2/c1-3-7-18(21)15-9-6-10-17(12-15)22-13-16-8-4-5-11-19(16)23-14(2)20;1-3-4-8-16-11-17(19(20)21-2)13-18(12-16)22-14-15-9-6-5-7-10-15;1-2-3-7-16-10-17(13-19)12-18(11-16)20-14-15-8-5-4-6-9-15;1-2-4-16(20)14-5-3-6-15(11-14)21-12-13-7-9-17(18,19)10-8-13;1-2-3-7-14-8-6-10-16(12-14)19-13-15-9-4-5-11-17(15)18;1-2-3-7-14-8-6-10-15(12-14)18-13-16-9-4-5-11-17-16/h6,9-10,12,16,18-19,21H,3-5,7-8,11,13H2,1-2H3;11-13,15H,3-10,14H2,1-2H3;10-12,15,19H,2-9,13-14H2,1H3;3,5-6,11,13,16,20H,2,4,7-10,12H2,1H3;6,8,10,12,15,17-18H,2-5,7,9,11,13H2,1H3;6,8,10,12,16H,2-5,7,9,11,13H2,1H3/t16-,18-,19-;;;;15-,17+;/m1...0./s1. The number of esters is 2. The number of ether oxygens (including phenoxy) is 9. The number of hydrogen-bond donors (Lipinski definition) is 4. The number of aliphatic hydroxyl groups excluding tert-OH is 4. The minimum atomic E-state index is -2.49. The van der Waals surface area contributed by atoms with Gasteiger partial charge in [0.25, 0.3) is 0 Å². The van der Waals surface area contributed by atoms with E-state index < -0.39 is 18.1 Å². The highest BCUT2D eigenvalue weighted by Crippen LogP contribution is 2.38. The molecule has 0 amide bonds. The molecule has 17 heteroatoms. The van der Waals surface area contributed by atoms with Crippen molar-refractivity contribution in [1.82, 2.24) is 0 Å². The van der Waals surface area contributed by atoms with Crippen LogP contribution in [0.2, 0.25) is 0 Å². The van der Waals surface area contributed by atoms with Gasteiger partial charge in [0.15, 0.2) is 0 Å². The van der Waals surface area contributed by atoms with Crippen molar-refractivity contribution in [3.8, 4) is 34.5 Å². The third-order valence-electron chi connectivity index (χ3n) is 24.7. The van der Waals surface area contributed by atoms with Crippen molar-refractivity contribution in [2.24, 2.45) is 29.6 Å². The number of halogens is 2. The van der Waals surface area contributed by atoms with E-state index in [2.05, 4.69) is 89.2 Å². The summed E-state index contributed by atoms with van der Waals surface area (Å²) in [6.45, 7) is 19.3. The summed E-state index contributed by atoms with van der Waals surface area (Å²) in [7, 11) is 1.42. The minimum Gasteiger partial charge on any atom is -0.493 e. The van der Waals surface area contributed by atoms with Crippen LogP contribution < -0.4 is 28.4 Å². The van der Waals surface area contributed by atoms with Crippen LogP contribution in [-0.4, -0.2) is 110 Å². The monoisotopic (exact) mass is 1710 g/mol. The van der Waals surface area contributed by atoms with E-state index in [-0.39, 0.29) is 61.5 Å². The van der Waals surface area contributed by atoms with Crippen LogP contribution in [0.15, 0.2) is 133 Å². The second kappa shape index (κ2) is 60.4. The molecule has 12 rings (SSSR count). The Hall–Kier alpha value is -7.28. The number of carbonyl (C=O) groups excluding carboxylic acids is 2. The van der Waals surface area contributed by atoms with Crippen molar-refractivity contribution in [1.29, 1.82) is 0 Å². The molecular weight excluding hydrogens is 1550 g/mol. The molecule has 1 heterocycles. The molecule has 6 fully saturated rings. The molecule has 123 heavy (non-hydrogen) atoms. The van der Waals surface area contributed by atoms with Gasteiger partial charge >= 0.3 is 11.9 Å². The number of aliphatic hydroxyl groups is 4. The molecule has 6 aromatic rings. The fourth-order valence-electron chi connectivity index (χ4n) is 17.0. The van der Waals surface area contributed by atoms with Crippen molar-refractivity contribution in [2.45, 2.75) is 355 Å². The van der Waals surface area contributed by atoms with Crippen molar-refractivity contribution in [3.63, 3.8) is 0 Å². The van der Waals surface area contributed by atoms with E-state index in [4.69, 9.17) is 42.6 Å². The number of hydrogen-bond acceptors (Lipinski definition) is 15. The zero-order valence-corrected chi connectivity index (χ0v) is 76.7. The molecule has 4 N–H and O–H groups in total. The van der Waals surface area contributed by atoms with Gasteiger partial charge in [-0.3, -0.25) is 4.79 Å². The van der Waals surface area contributed by atoms with Crippen LogP contribution in [0.5, 0.6) is 34.5 Å². The number of aryl methyl sites for hydroxylation is 4. The molecule has 0 bridgehead atoms. The summed E-state index contributed by atoms with van der Waals surface area (Å²) in [5, 5.41) is 39.4. The highest BCUT2D eigenvalue weighted by molar-refractivity contribution is 5.90. The zero-order valence-electron chi connectivity index (χ0n) is 76.7. The van der Waals surface area contributed by atoms with E-state index in [0.29, 0.717) is 62.4 Å². The molecule has 7 atom stereocenters. The first-order valence-electron chi connectivity index (χ1n) is 48.1. The molecule has 0 aromatic heterocycles. The Bertz CT molecular complexity index is 3780. The van der Waals surface area contributed by atoms with E-state index >= 15 is 0 Å². The van der Waals surface area contributed by atoms with E-state index in [1.807, 2.05) is 85.8 Å². The fourth-order valence-corrected chi connectivity index (χ4v) is 17.0. The predicted molar refractivity (Wildman–Crippen MR) is 492 cm³/mol. The minimum absolute atomic E-state index is 0.0315. The Balaban J connectivity index is 0.000000203. The highest BCUT2D eigenvalue weighted by Gasteiger charge is 2.35. The summed E-state index contributed by atoms with van der Waals surface area (Å²) < 4.78 is 77.5. The average molecular weight is 1710 g/mol. The lowest BCUT2D eigenvalue weighted by Gasteiger charge is -2.30. The molecule has 0 radical (unpaired) electrons. The molecule has 686 valence electrons. The van der Waals surface area contributed by atoms with Gasteiger partial charge in [0, 0.05) is 38.2 Å². The van der Waals surface area contributed by atoms with E-state index in [9.17, 15) is 38.8 Å². The molecule has 15 nitrogen and oxygen atoms in total. The quantitative estimate of drug-likeness (QED) is 0.0266. The maximum Gasteiger partial charge on any atom is 0.337 e. The van der Waals surface area contributed by atoms with Gasteiger partial charge in [0.05, 0.1) is 76.7 Å². The molecule has 6 aromatic carbocycles. The number of alkyl halides is 2. The van der Waals surface area contributed by atoms with Gasteiger partial charge in [0.2, 0.25) is 5.92 Å². The second-order valence-electron chi connectivity index (χ2n) is 35.4. The van der Waals surface area contributed by atoms with Crippen molar-refractivity contribution in [3.05, 3.63) is 178 Å². The van der Waals surface area contributed by atoms with Crippen LogP contribution >= 0.6 is 0 Å². The fraction of sp³-hybridized carbons (Fsp3) is 0.642. The number of carbonyl (C=O) groups is 2. The van der Waals surface area contributed by atoms with Crippen LogP contribution in [0.1, 0.15) is 348 Å². The van der Waals surface area contributed by atoms with Crippen molar-refractivity contribution in [2.75, 3.05) is 53.4 Å². The summed E-state index contributed by atoms with van der Waals surface area (Å²) in [5.41, 5.74) is 8.48. The van der Waals surface area contributed by atoms with Gasteiger partial charge in [-0.25, -0.2) is 13.6 Å². The highest BCUT2D eigenvalue weighted by atomic mass is 19.3. The summed E-state index contributed by atoms with van der Waals surface area (Å²) >= 11 is 0. The molecule has 1 saturated heterocycles. The molecule has 5 aliphatic carbocycles. The Morgan fingerprint density at radius 3 is 1.31 bits per heavy atom. The van der Waals surface area contributed by atoms with E-state index in [1.54, 1.807) is 0 Å². The van der Waals surface area contributed by atoms with Gasteiger partial charge in [0.1, 0.15) is 47.2 Å². The maximum atomic E-state index is 13.1. The molecule has 6 aliphatic rings. The van der Waals surface area contributed by atoms with Crippen molar-refractivity contribution < 1.29 is 81.4 Å². The first-order chi connectivity index (χ1) is 59.8. The largest absolute Gasteiger partial charge is 0.493 e. The molecule has 5 saturated carbocycles. The predicted octanol–water partition coefficient (Wildman–Crippen LogP) is 25.9. The van der Waals surface area contributed by atoms with Gasteiger partial charge in [-0.15, -0.1) is 0 Å². The van der Waals surface area contributed by atoms with Crippen LogP contribution in [0.3, 0.4) is 0 Å². The smallest absolute Gasteiger partial charge is 0.337 e. The second-order valence-corrected chi connectivity index (χ2v) is 35.4. The van der Waals surface area contributed by atoms with Crippen LogP contribution in [0, 0.1) is 29.6 Å². The van der Waals surface area contributed by atoms with E-state index in [1.165, 1.54) is 153 Å². The zero-order chi connectivity index (χ0) is 88.1. The lowest BCUT2D eigenvalue weighted by molar-refractivity contribution is -0.151. The van der Waals surface area contributed by atoms with Crippen LogP contribution in [0.4, 0.5) is 8.78 Å². The topological polar surface area (TPSA) is 198 Å². The number of methoxy groups -OCH3 is 1. The number of rotatable bonds is 39. The lowest BCUT2D eigenvalue weighted by Crippen LogP contribution is -2.33. The third-order valence-corrected chi connectivity index (χ3v) is 24.7. The molecule has 1 aliphatic heterocycles. The van der Waals surface area contributed by atoms with E-state index in [0.717, 1.165) is 192 Å². The normalized spacial score (nSPS) is 19.5. The first kappa shape index (κ1) is 103. The first-order valence-corrected chi connectivity index (χ1v) is 48.1. The maximum absolute atomic E-state index is 13.1. The Labute approximate surface area is 739 Å².